The molecule has 1 aromatic carbocycles. The summed E-state index contributed by atoms with van der Waals surface area (Å²) in [4.78, 5) is 0. The fourth-order valence-electron chi connectivity index (χ4n) is 2.16. The molecule has 2 heteroatoms. The predicted molar refractivity (Wildman–Crippen MR) is 87.5 cm³/mol. The highest BCUT2D eigenvalue weighted by Gasteiger charge is 2.15. The van der Waals surface area contributed by atoms with E-state index >= 15 is 0 Å². The Kier molecular flexibility index (Phi) is 7.82. The molecule has 0 saturated heterocycles. The molecule has 0 aliphatic rings. The van der Waals surface area contributed by atoms with Gasteiger partial charge >= 0.3 is 0 Å². The van der Waals surface area contributed by atoms with Crippen molar-refractivity contribution in [2.45, 2.75) is 39.5 Å². The van der Waals surface area contributed by atoms with Crippen LogP contribution in [0.5, 0.6) is 0 Å². The fourth-order valence-corrected chi connectivity index (χ4v) is 4.04. The van der Waals surface area contributed by atoms with Crippen molar-refractivity contribution in [1.82, 2.24) is 0 Å². The lowest BCUT2D eigenvalue weighted by Gasteiger charge is -2.13. The van der Waals surface area contributed by atoms with E-state index in [1.807, 2.05) is 6.07 Å². The molecule has 106 valence electrons. The second kappa shape index (κ2) is 9.15. The molecule has 1 aromatic rings. The Bertz CT molecular complexity index is 401. The van der Waals surface area contributed by atoms with E-state index in [1.165, 1.54) is 18.4 Å². The van der Waals surface area contributed by atoms with Crippen molar-refractivity contribution in [3.8, 4) is 0 Å². The van der Waals surface area contributed by atoms with Crippen LogP contribution in [0.15, 0.2) is 36.4 Å². The first-order valence-corrected chi connectivity index (χ1v) is 9.75. The zero-order valence-electron chi connectivity index (χ0n) is 12.3. The number of allylic oxidation sites excluding steroid dienone is 1. The Morgan fingerprint density at radius 2 is 1.68 bits per heavy atom. The van der Waals surface area contributed by atoms with Crippen LogP contribution in [0.2, 0.25) is 0 Å². The van der Waals surface area contributed by atoms with Gasteiger partial charge in [-0.1, -0.05) is 62.8 Å². The highest BCUT2D eigenvalue weighted by atomic mass is 31.2. The highest BCUT2D eigenvalue weighted by Crippen LogP contribution is 2.45. The molecule has 0 amide bonds. The second-order valence-electron chi connectivity index (χ2n) is 5.08. The Morgan fingerprint density at radius 1 is 1.00 bits per heavy atom. The van der Waals surface area contributed by atoms with Gasteiger partial charge in [0.2, 0.25) is 0 Å². The van der Waals surface area contributed by atoms with E-state index in [0.29, 0.717) is 0 Å². The molecule has 0 N–H and O–H groups in total. The maximum absolute atomic E-state index is 12.2. The van der Waals surface area contributed by atoms with Crippen molar-refractivity contribution in [2.75, 3.05) is 18.5 Å². The normalized spacial score (nSPS) is 12.1. The van der Waals surface area contributed by atoms with Crippen LogP contribution in [0.1, 0.15) is 45.1 Å². The van der Waals surface area contributed by atoms with E-state index in [9.17, 15) is 4.57 Å². The van der Waals surface area contributed by atoms with Crippen LogP contribution >= 0.6 is 7.14 Å². The van der Waals surface area contributed by atoms with Gasteiger partial charge in [0.25, 0.3) is 0 Å². The summed E-state index contributed by atoms with van der Waals surface area (Å²) in [6.45, 7) is 4.12. The Morgan fingerprint density at radius 3 is 2.32 bits per heavy atom. The number of rotatable bonds is 9. The van der Waals surface area contributed by atoms with Crippen LogP contribution in [0.4, 0.5) is 0 Å². The monoisotopic (exact) mass is 278 g/mol. The molecule has 0 spiro atoms. The molecule has 0 atom stereocenters. The van der Waals surface area contributed by atoms with Crippen molar-refractivity contribution in [3.05, 3.63) is 42.0 Å². The first-order chi connectivity index (χ1) is 9.20. The molecule has 1 rings (SSSR count). The lowest BCUT2D eigenvalue weighted by molar-refractivity contribution is 0.572. The van der Waals surface area contributed by atoms with Gasteiger partial charge in [-0.05, 0) is 37.1 Å². The number of hydrogen-bond acceptors (Lipinski definition) is 1. The molecule has 0 bridgehead atoms. The summed E-state index contributed by atoms with van der Waals surface area (Å²) in [6, 6.07) is 10.4. The van der Waals surface area contributed by atoms with Crippen LogP contribution in [0.25, 0.3) is 6.08 Å². The average molecular weight is 278 g/mol. The Labute approximate surface area is 118 Å². The summed E-state index contributed by atoms with van der Waals surface area (Å²) in [5, 5.41) is 0. The van der Waals surface area contributed by atoms with Crippen LogP contribution < -0.4 is 0 Å². The van der Waals surface area contributed by atoms with Gasteiger partial charge in [0.1, 0.15) is 0 Å². The third kappa shape index (κ3) is 6.78. The largest absolute Gasteiger partial charge is 0.324 e. The molecule has 0 heterocycles. The van der Waals surface area contributed by atoms with Gasteiger partial charge < -0.3 is 4.57 Å². The Balaban J connectivity index is 2.12. The van der Waals surface area contributed by atoms with Gasteiger partial charge in [-0.25, -0.2) is 0 Å². The van der Waals surface area contributed by atoms with E-state index in [-0.39, 0.29) is 0 Å². The van der Waals surface area contributed by atoms with Crippen molar-refractivity contribution < 1.29 is 4.57 Å². The molecule has 0 aromatic heterocycles. The summed E-state index contributed by atoms with van der Waals surface area (Å²) in [5.41, 5.74) is 1.27. The standard InChI is InChI=1S/C17H27OP/c1-3-19(18,4-2)16-12-7-5-6-9-13-17-14-10-8-11-15-17/h8-11,13-15H,3-7,12,16H2,1-2H3. The summed E-state index contributed by atoms with van der Waals surface area (Å²) in [6.07, 6.45) is 11.8. The van der Waals surface area contributed by atoms with Crippen LogP contribution in [-0.2, 0) is 4.57 Å². The van der Waals surface area contributed by atoms with Crippen molar-refractivity contribution in [3.63, 3.8) is 0 Å². The first kappa shape index (κ1) is 16.2. The van der Waals surface area contributed by atoms with Crippen LogP contribution in [-0.4, -0.2) is 18.5 Å². The van der Waals surface area contributed by atoms with Crippen LogP contribution in [0, 0.1) is 0 Å². The molecular formula is C17H27OP. The zero-order chi connectivity index (χ0) is 14.0. The molecule has 0 saturated carbocycles. The van der Waals surface area contributed by atoms with Gasteiger partial charge in [0, 0.05) is 6.16 Å². The molecular weight excluding hydrogens is 251 g/mol. The van der Waals surface area contributed by atoms with Crippen LogP contribution in [0.3, 0.4) is 0 Å². The number of unbranched alkanes of at least 4 members (excludes halogenated alkanes) is 3. The van der Waals surface area contributed by atoms with Crippen molar-refractivity contribution in [2.24, 2.45) is 0 Å². The predicted octanol–water partition coefficient (Wildman–Crippen LogP) is 5.66. The summed E-state index contributed by atoms with van der Waals surface area (Å²) >= 11 is 0. The molecule has 0 aliphatic heterocycles. The Hall–Kier alpha value is -0.810. The third-order valence-electron chi connectivity index (χ3n) is 3.70. The SMILES string of the molecule is CCP(=O)(CC)CCCCCC=Cc1ccccc1. The molecule has 1 nitrogen and oxygen atoms in total. The van der Waals surface area contributed by atoms with E-state index in [4.69, 9.17) is 0 Å². The minimum absolute atomic E-state index is 0.872. The molecule has 0 aliphatic carbocycles. The maximum atomic E-state index is 12.2. The van der Waals surface area contributed by atoms with Gasteiger partial charge in [0.05, 0.1) is 7.14 Å². The zero-order valence-corrected chi connectivity index (χ0v) is 13.2. The average Bonchev–Trinajstić information content (AvgIpc) is 2.47. The molecule has 19 heavy (non-hydrogen) atoms. The lowest BCUT2D eigenvalue weighted by Crippen LogP contribution is -1.95. The quantitative estimate of drug-likeness (QED) is 0.420. The second-order valence-corrected chi connectivity index (χ2v) is 8.90. The minimum Gasteiger partial charge on any atom is -0.324 e. The van der Waals surface area contributed by atoms with Gasteiger partial charge in [-0.3, -0.25) is 0 Å². The van der Waals surface area contributed by atoms with Crippen molar-refractivity contribution in [1.29, 1.82) is 0 Å². The smallest absolute Gasteiger partial charge is 0.0872 e. The first-order valence-electron chi connectivity index (χ1n) is 7.49. The van der Waals surface area contributed by atoms with E-state index in [0.717, 1.165) is 31.3 Å². The summed E-state index contributed by atoms with van der Waals surface area (Å²) in [7, 11) is -1.80. The molecule has 0 unspecified atom stereocenters. The highest BCUT2D eigenvalue weighted by molar-refractivity contribution is 7.63. The number of benzene rings is 1. The van der Waals surface area contributed by atoms with Gasteiger partial charge in [-0.2, -0.15) is 0 Å². The summed E-state index contributed by atoms with van der Waals surface area (Å²) < 4.78 is 12.2. The topological polar surface area (TPSA) is 17.1 Å². The lowest BCUT2D eigenvalue weighted by atomic mass is 10.1. The maximum Gasteiger partial charge on any atom is 0.0872 e. The van der Waals surface area contributed by atoms with E-state index in [2.05, 4.69) is 50.3 Å². The van der Waals surface area contributed by atoms with Gasteiger partial charge in [0.15, 0.2) is 0 Å². The van der Waals surface area contributed by atoms with Crippen molar-refractivity contribution >= 4 is 13.2 Å². The minimum atomic E-state index is -1.80. The van der Waals surface area contributed by atoms with E-state index < -0.39 is 7.14 Å². The van der Waals surface area contributed by atoms with E-state index in [1.54, 1.807) is 0 Å². The van der Waals surface area contributed by atoms with Gasteiger partial charge in [-0.15, -0.1) is 0 Å². The molecule has 0 radical (unpaired) electrons. The summed E-state index contributed by atoms with van der Waals surface area (Å²) in [5.74, 6) is 0. The number of hydrogen-bond donors (Lipinski definition) is 0. The molecule has 0 fully saturated rings. The fraction of sp³-hybridized carbons (Fsp3) is 0.529. The third-order valence-corrected chi connectivity index (χ3v) is 7.14.